The zero-order chi connectivity index (χ0) is 12.8. The molecule has 0 amide bonds. The first-order chi connectivity index (χ1) is 7.33. The molecule has 0 aromatic heterocycles. The number of nitrogens with two attached hydrogens (primary N) is 3. The molecule has 0 aliphatic rings. The Hall–Kier alpha value is -1.18. The topological polar surface area (TPSA) is 153 Å². The summed E-state index contributed by atoms with van der Waals surface area (Å²) in [5.74, 6) is -2.20. The van der Waals surface area contributed by atoms with Crippen LogP contribution in [0, 0.1) is 0 Å². The third-order valence-corrected chi connectivity index (χ3v) is 2.50. The number of hydrogen-bond donors (Lipinski definition) is 5. The maximum absolute atomic E-state index is 10.8. The van der Waals surface area contributed by atoms with E-state index in [0.29, 0.717) is 19.3 Å². The molecule has 16 heavy (non-hydrogen) atoms. The molecule has 0 spiro atoms. The van der Waals surface area contributed by atoms with E-state index in [9.17, 15) is 9.59 Å². The predicted octanol–water partition coefficient (Wildman–Crippen LogP) is -1.30. The van der Waals surface area contributed by atoms with Gasteiger partial charge in [0.2, 0.25) is 0 Å². The fraction of sp³-hybridized carbons (Fsp3) is 0.778. The summed E-state index contributed by atoms with van der Waals surface area (Å²) in [6.45, 7) is -0.146. The summed E-state index contributed by atoms with van der Waals surface area (Å²) in [5, 5.41) is 17.3. The highest BCUT2D eigenvalue weighted by Gasteiger charge is 2.31. The monoisotopic (exact) mass is 233 g/mol. The SMILES string of the molecule is NC[C@@](N)(CCCC[C@H](N)C(=O)O)C(=O)O. The van der Waals surface area contributed by atoms with Crippen LogP contribution in [0.1, 0.15) is 25.7 Å². The molecule has 0 heterocycles. The lowest BCUT2D eigenvalue weighted by molar-refractivity contribution is -0.143. The first kappa shape index (κ1) is 14.8. The standard InChI is InChI=1S/C9H19N3O4/c10-5-9(12,8(15)16)4-2-1-3-6(11)7(13)14/h6H,1-5,10-12H2,(H,13,14)(H,15,16)/t6-,9-/m0/s1. The second-order valence-electron chi connectivity index (χ2n) is 3.86. The average molecular weight is 233 g/mol. The van der Waals surface area contributed by atoms with E-state index in [1.54, 1.807) is 0 Å². The molecule has 94 valence electrons. The Kier molecular flexibility index (Phi) is 5.94. The minimum absolute atomic E-state index is 0.146. The van der Waals surface area contributed by atoms with Gasteiger partial charge in [-0.15, -0.1) is 0 Å². The number of hydrogen-bond acceptors (Lipinski definition) is 5. The van der Waals surface area contributed by atoms with Crippen LogP contribution < -0.4 is 17.2 Å². The smallest absolute Gasteiger partial charge is 0.324 e. The Morgan fingerprint density at radius 2 is 1.81 bits per heavy atom. The summed E-state index contributed by atoms with van der Waals surface area (Å²) >= 11 is 0. The molecule has 0 bridgehead atoms. The van der Waals surface area contributed by atoms with Crippen molar-refractivity contribution < 1.29 is 19.8 Å². The van der Waals surface area contributed by atoms with Gasteiger partial charge in [0, 0.05) is 6.54 Å². The molecule has 0 aromatic carbocycles. The number of unbranched alkanes of at least 4 members (excludes halogenated alkanes) is 1. The van der Waals surface area contributed by atoms with Crippen molar-refractivity contribution in [1.29, 1.82) is 0 Å². The zero-order valence-electron chi connectivity index (χ0n) is 9.06. The van der Waals surface area contributed by atoms with Gasteiger partial charge in [-0.05, 0) is 12.8 Å². The van der Waals surface area contributed by atoms with Gasteiger partial charge in [-0.1, -0.05) is 12.8 Å². The van der Waals surface area contributed by atoms with Crippen LogP contribution in [0.15, 0.2) is 0 Å². The van der Waals surface area contributed by atoms with Crippen molar-refractivity contribution in [1.82, 2.24) is 0 Å². The summed E-state index contributed by atoms with van der Waals surface area (Å²) in [5.41, 5.74) is 14.7. The predicted molar refractivity (Wildman–Crippen MR) is 57.7 cm³/mol. The molecular weight excluding hydrogens is 214 g/mol. The van der Waals surface area contributed by atoms with Gasteiger partial charge in [-0.2, -0.15) is 0 Å². The summed E-state index contributed by atoms with van der Waals surface area (Å²) in [6.07, 6.45) is 1.52. The first-order valence-corrected chi connectivity index (χ1v) is 5.04. The molecule has 0 radical (unpaired) electrons. The highest BCUT2D eigenvalue weighted by atomic mass is 16.4. The van der Waals surface area contributed by atoms with Crippen LogP contribution in [-0.4, -0.2) is 40.3 Å². The molecule has 0 rings (SSSR count). The molecule has 0 fully saturated rings. The molecule has 0 unspecified atom stereocenters. The van der Waals surface area contributed by atoms with Crippen LogP contribution in [0.5, 0.6) is 0 Å². The van der Waals surface area contributed by atoms with Crippen molar-refractivity contribution in [3.05, 3.63) is 0 Å². The molecule has 0 aliphatic heterocycles. The summed E-state index contributed by atoms with van der Waals surface area (Å²) in [7, 11) is 0. The third kappa shape index (κ3) is 4.56. The molecule has 0 aliphatic carbocycles. The van der Waals surface area contributed by atoms with Gasteiger partial charge in [-0.25, -0.2) is 0 Å². The Morgan fingerprint density at radius 1 is 1.25 bits per heavy atom. The fourth-order valence-electron chi connectivity index (χ4n) is 1.22. The molecular formula is C9H19N3O4. The molecule has 2 atom stereocenters. The van der Waals surface area contributed by atoms with Gasteiger partial charge in [-0.3, -0.25) is 9.59 Å². The highest BCUT2D eigenvalue weighted by molar-refractivity contribution is 5.78. The van der Waals surface area contributed by atoms with Crippen molar-refractivity contribution in [3.8, 4) is 0 Å². The first-order valence-electron chi connectivity index (χ1n) is 5.04. The average Bonchev–Trinajstić information content (AvgIpc) is 2.23. The van der Waals surface area contributed by atoms with E-state index in [1.807, 2.05) is 0 Å². The molecule has 8 N–H and O–H groups in total. The second-order valence-corrected chi connectivity index (χ2v) is 3.86. The lowest BCUT2D eigenvalue weighted by atomic mass is 9.93. The molecule has 7 nitrogen and oxygen atoms in total. The molecule has 7 heteroatoms. The van der Waals surface area contributed by atoms with Crippen LogP contribution >= 0.6 is 0 Å². The second kappa shape index (κ2) is 6.41. The van der Waals surface area contributed by atoms with E-state index in [2.05, 4.69) is 0 Å². The molecule has 0 saturated carbocycles. The number of rotatable bonds is 8. The van der Waals surface area contributed by atoms with Gasteiger partial charge in [0.1, 0.15) is 11.6 Å². The minimum Gasteiger partial charge on any atom is -0.480 e. The lowest BCUT2D eigenvalue weighted by Crippen LogP contribution is -2.53. The van der Waals surface area contributed by atoms with Crippen molar-refractivity contribution >= 4 is 11.9 Å². The lowest BCUT2D eigenvalue weighted by Gasteiger charge is -2.22. The summed E-state index contributed by atoms with van der Waals surface area (Å²) < 4.78 is 0. The van der Waals surface area contributed by atoms with Crippen LogP contribution in [0.3, 0.4) is 0 Å². The van der Waals surface area contributed by atoms with Gasteiger partial charge >= 0.3 is 11.9 Å². The van der Waals surface area contributed by atoms with Crippen LogP contribution in [-0.2, 0) is 9.59 Å². The Morgan fingerprint density at radius 3 is 2.19 bits per heavy atom. The van der Waals surface area contributed by atoms with E-state index in [4.69, 9.17) is 27.4 Å². The quantitative estimate of drug-likeness (QED) is 0.326. The zero-order valence-corrected chi connectivity index (χ0v) is 9.06. The maximum Gasteiger partial charge on any atom is 0.324 e. The Balaban J connectivity index is 3.89. The number of aliphatic carboxylic acids is 2. The van der Waals surface area contributed by atoms with E-state index in [-0.39, 0.29) is 13.0 Å². The fourth-order valence-corrected chi connectivity index (χ4v) is 1.22. The van der Waals surface area contributed by atoms with Crippen LogP contribution in [0.4, 0.5) is 0 Å². The Labute approximate surface area is 93.6 Å². The van der Waals surface area contributed by atoms with Crippen LogP contribution in [0.2, 0.25) is 0 Å². The number of carboxylic acids is 2. The van der Waals surface area contributed by atoms with E-state index < -0.39 is 23.5 Å². The van der Waals surface area contributed by atoms with Gasteiger partial charge in [0.15, 0.2) is 0 Å². The van der Waals surface area contributed by atoms with Crippen molar-refractivity contribution in [2.75, 3.05) is 6.54 Å². The number of carbonyl (C=O) groups is 2. The van der Waals surface area contributed by atoms with Gasteiger partial charge in [0.05, 0.1) is 0 Å². The van der Waals surface area contributed by atoms with Crippen molar-refractivity contribution in [3.63, 3.8) is 0 Å². The summed E-state index contributed by atoms with van der Waals surface area (Å²) in [6, 6.07) is -0.908. The Bertz CT molecular complexity index is 259. The minimum atomic E-state index is -1.42. The molecule has 0 saturated heterocycles. The highest BCUT2D eigenvalue weighted by Crippen LogP contribution is 2.12. The van der Waals surface area contributed by atoms with Gasteiger partial charge < -0.3 is 27.4 Å². The van der Waals surface area contributed by atoms with Gasteiger partial charge in [0.25, 0.3) is 0 Å². The van der Waals surface area contributed by atoms with Crippen molar-refractivity contribution in [2.24, 2.45) is 17.2 Å². The largest absolute Gasteiger partial charge is 0.480 e. The normalized spacial score (nSPS) is 16.4. The van der Waals surface area contributed by atoms with E-state index >= 15 is 0 Å². The maximum atomic E-state index is 10.8. The van der Waals surface area contributed by atoms with E-state index in [1.165, 1.54) is 0 Å². The van der Waals surface area contributed by atoms with E-state index in [0.717, 1.165) is 0 Å². The summed E-state index contributed by atoms with van der Waals surface area (Å²) in [4.78, 5) is 21.2. The number of carboxylic acid groups (broad SMARTS) is 2. The third-order valence-electron chi connectivity index (χ3n) is 2.50. The van der Waals surface area contributed by atoms with Crippen molar-refractivity contribution in [2.45, 2.75) is 37.3 Å². The van der Waals surface area contributed by atoms with Crippen LogP contribution in [0.25, 0.3) is 0 Å². The molecule has 0 aromatic rings.